The first-order valence-corrected chi connectivity index (χ1v) is 8.59. The van der Waals surface area contributed by atoms with E-state index < -0.39 is 11.4 Å². The van der Waals surface area contributed by atoms with Gasteiger partial charge in [0.15, 0.2) is 5.01 Å². The van der Waals surface area contributed by atoms with Gasteiger partial charge in [-0.15, -0.1) is 10.2 Å². The van der Waals surface area contributed by atoms with Crippen LogP contribution in [0.2, 0.25) is 0 Å². The Morgan fingerprint density at radius 2 is 1.92 bits per heavy atom. The highest BCUT2D eigenvalue weighted by molar-refractivity contribution is 7.13. The highest BCUT2D eigenvalue weighted by Gasteiger charge is 2.21. The molecule has 0 N–H and O–H groups in total. The van der Waals surface area contributed by atoms with Gasteiger partial charge in [0.1, 0.15) is 0 Å². The molecule has 7 nitrogen and oxygen atoms in total. The first kappa shape index (κ1) is 16.6. The molecule has 3 heterocycles. The van der Waals surface area contributed by atoms with E-state index >= 15 is 0 Å². The molecule has 0 saturated heterocycles. The molecule has 0 amide bonds. The summed E-state index contributed by atoms with van der Waals surface area (Å²) < 4.78 is 30.3. The van der Waals surface area contributed by atoms with Crippen LogP contribution in [0.25, 0.3) is 16.2 Å². The second-order valence-corrected chi connectivity index (χ2v) is 6.80. The largest absolute Gasteiger partial charge is 0.335 e. The molecule has 26 heavy (non-hydrogen) atoms. The molecule has 0 unspecified atom stereocenters. The van der Waals surface area contributed by atoms with E-state index in [1.165, 1.54) is 4.57 Å². The van der Waals surface area contributed by atoms with Crippen molar-refractivity contribution in [2.75, 3.05) is 0 Å². The van der Waals surface area contributed by atoms with Crippen LogP contribution in [0, 0.1) is 6.92 Å². The molecule has 1 aromatic carbocycles. The van der Waals surface area contributed by atoms with Crippen LogP contribution in [0.1, 0.15) is 22.8 Å². The Labute approximate surface area is 150 Å². The number of aromatic nitrogens is 6. The first-order valence-electron chi connectivity index (χ1n) is 7.77. The maximum atomic E-state index is 13.0. The molecule has 0 bridgehead atoms. The lowest BCUT2D eigenvalue weighted by atomic mass is 10.3. The average Bonchev–Trinajstić information content (AvgIpc) is 3.26. The Morgan fingerprint density at radius 3 is 2.54 bits per heavy atom. The third-order valence-corrected chi connectivity index (χ3v) is 4.98. The SMILES string of the molecule is Cc1cc(Cn2c(=O)n(-c3nnc(C(F)F)s3)c3ccccc32)n(C)n1. The van der Waals surface area contributed by atoms with E-state index in [9.17, 15) is 13.6 Å². The molecule has 0 radical (unpaired) electrons. The minimum Gasteiger partial charge on any atom is -0.286 e. The number of benzene rings is 1. The average molecular weight is 376 g/mol. The maximum Gasteiger partial charge on any atom is 0.335 e. The molecule has 10 heteroatoms. The van der Waals surface area contributed by atoms with Gasteiger partial charge >= 0.3 is 5.69 Å². The summed E-state index contributed by atoms with van der Waals surface area (Å²) in [6, 6.07) is 9.07. The van der Waals surface area contributed by atoms with Crippen LogP contribution in [0.3, 0.4) is 0 Å². The van der Waals surface area contributed by atoms with Gasteiger partial charge in [-0.05, 0) is 25.1 Å². The third kappa shape index (κ3) is 2.62. The monoisotopic (exact) mass is 376 g/mol. The van der Waals surface area contributed by atoms with Gasteiger partial charge < -0.3 is 0 Å². The predicted octanol–water partition coefficient (Wildman–Crippen LogP) is 2.67. The molecule has 0 fully saturated rings. The van der Waals surface area contributed by atoms with Gasteiger partial charge in [-0.1, -0.05) is 23.5 Å². The lowest BCUT2D eigenvalue weighted by Crippen LogP contribution is -2.24. The molecule has 0 aliphatic rings. The minimum atomic E-state index is -2.72. The van der Waals surface area contributed by atoms with Crippen molar-refractivity contribution in [2.45, 2.75) is 19.9 Å². The molecule has 0 aliphatic carbocycles. The number of alkyl halides is 2. The van der Waals surface area contributed by atoms with Gasteiger partial charge in [-0.2, -0.15) is 5.10 Å². The van der Waals surface area contributed by atoms with Crippen molar-refractivity contribution in [2.24, 2.45) is 7.05 Å². The molecule has 0 spiro atoms. The lowest BCUT2D eigenvalue weighted by Gasteiger charge is -2.03. The van der Waals surface area contributed by atoms with Crippen LogP contribution in [0.15, 0.2) is 35.1 Å². The number of hydrogen-bond donors (Lipinski definition) is 0. The number of para-hydroxylation sites is 2. The highest BCUT2D eigenvalue weighted by atomic mass is 32.1. The summed E-state index contributed by atoms with van der Waals surface area (Å²) in [6.45, 7) is 2.19. The maximum absolute atomic E-state index is 13.0. The van der Waals surface area contributed by atoms with E-state index in [-0.39, 0.29) is 10.8 Å². The van der Waals surface area contributed by atoms with Crippen molar-refractivity contribution in [3.63, 3.8) is 0 Å². The van der Waals surface area contributed by atoms with Crippen LogP contribution in [0.5, 0.6) is 0 Å². The number of rotatable bonds is 4. The van der Waals surface area contributed by atoms with Gasteiger partial charge in [0.2, 0.25) is 5.13 Å². The standard InChI is InChI=1S/C16H14F2N6OS/c1-9-7-10(22(2)21-9)8-23-11-5-3-4-6-12(11)24(16(23)25)15-20-19-14(26-15)13(17)18/h3-7,13H,8H2,1-2H3. The van der Waals surface area contributed by atoms with Crippen LogP contribution < -0.4 is 5.69 Å². The van der Waals surface area contributed by atoms with Crippen LogP contribution >= 0.6 is 11.3 Å². The molecule has 134 valence electrons. The van der Waals surface area contributed by atoms with Gasteiger partial charge in [0.25, 0.3) is 6.43 Å². The quantitative estimate of drug-likeness (QED) is 0.549. The van der Waals surface area contributed by atoms with E-state index in [1.807, 2.05) is 32.2 Å². The van der Waals surface area contributed by atoms with Crippen molar-refractivity contribution in [1.82, 2.24) is 29.1 Å². The summed E-state index contributed by atoms with van der Waals surface area (Å²) in [5.74, 6) is 0. The molecular weight excluding hydrogens is 362 g/mol. The van der Waals surface area contributed by atoms with Crippen molar-refractivity contribution in [3.05, 3.63) is 57.2 Å². The highest BCUT2D eigenvalue weighted by Crippen LogP contribution is 2.26. The summed E-state index contributed by atoms with van der Waals surface area (Å²) >= 11 is 0.710. The van der Waals surface area contributed by atoms with E-state index in [2.05, 4.69) is 15.3 Å². The minimum absolute atomic E-state index is 0.126. The summed E-state index contributed by atoms with van der Waals surface area (Å²) in [5.41, 5.74) is 2.63. The third-order valence-electron chi connectivity index (χ3n) is 4.06. The van der Waals surface area contributed by atoms with Crippen LogP contribution in [-0.2, 0) is 13.6 Å². The smallest absolute Gasteiger partial charge is 0.286 e. The van der Waals surface area contributed by atoms with E-state index in [4.69, 9.17) is 0 Å². The Hall–Kier alpha value is -2.88. The van der Waals surface area contributed by atoms with Crippen molar-refractivity contribution < 1.29 is 8.78 Å². The van der Waals surface area contributed by atoms with E-state index in [1.54, 1.807) is 21.4 Å². The Morgan fingerprint density at radius 1 is 1.19 bits per heavy atom. The number of fused-ring (bicyclic) bond motifs is 1. The van der Waals surface area contributed by atoms with Gasteiger partial charge in [0, 0.05) is 7.05 Å². The molecular formula is C16H14F2N6OS. The van der Waals surface area contributed by atoms with Crippen molar-refractivity contribution in [3.8, 4) is 5.13 Å². The zero-order valence-electron chi connectivity index (χ0n) is 13.9. The van der Waals surface area contributed by atoms with Crippen molar-refractivity contribution in [1.29, 1.82) is 0 Å². The Bertz CT molecular complexity index is 1160. The fraction of sp³-hybridized carbons (Fsp3) is 0.250. The molecule has 3 aromatic heterocycles. The molecule has 0 saturated carbocycles. The zero-order chi connectivity index (χ0) is 18.4. The van der Waals surface area contributed by atoms with E-state index in [0.29, 0.717) is 28.9 Å². The summed E-state index contributed by atoms with van der Waals surface area (Å²) in [5, 5.41) is 11.3. The lowest BCUT2D eigenvalue weighted by molar-refractivity contribution is 0.150. The Balaban J connectivity index is 1.90. The number of aryl methyl sites for hydroxylation is 2. The first-order chi connectivity index (χ1) is 12.5. The zero-order valence-corrected chi connectivity index (χ0v) is 14.7. The number of halogens is 2. The predicted molar refractivity (Wildman–Crippen MR) is 93.0 cm³/mol. The number of imidazole rings is 1. The second kappa shape index (κ2) is 6.13. The number of hydrogen-bond acceptors (Lipinski definition) is 5. The normalized spacial score (nSPS) is 11.7. The summed E-state index contributed by atoms with van der Waals surface area (Å²) in [4.78, 5) is 13.0. The number of nitrogens with zero attached hydrogens (tertiary/aromatic N) is 6. The van der Waals surface area contributed by atoms with Crippen LogP contribution in [0.4, 0.5) is 8.78 Å². The van der Waals surface area contributed by atoms with Gasteiger partial charge in [-0.3, -0.25) is 9.25 Å². The molecule has 4 aromatic rings. The van der Waals surface area contributed by atoms with Gasteiger partial charge in [-0.25, -0.2) is 18.1 Å². The van der Waals surface area contributed by atoms with Crippen molar-refractivity contribution >= 4 is 22.4 Å². The topological polar surface area (TPSA) is 70.5 Å². The Kier molecular flexibility index (Phi) is 3.91. The molecule has 0 aliphatic heterocycles. The van der Waals surface area contributed by atoms with Crippen LogP contribution in [-0.4, -0.2) is 29.1 Å². The molecule has 4 rings (SSSR count). The summed E-state index contributed by atoms with van der Waals surface area (Å²) in [6.07, 6.45) is -2.72. The fourth-order valence-electron chi connectivity index (χ4n) is 2.93. The fourth-order valence-corrected chi connectivity index (χ4v) is 3.63. The molecule has 0 atom stereocenters. The van der Waals surface area contributed by atoms with E-state index in [0.717, 1.165) is 11.4 Å². The second-order valence-electron chi connectivity index (χ2n) is 5.82. The summed E-state index contributed by atoms with van der Waals surface area (Å²) in [7, 11) is 1.81. The van der Waals surface area contributed by atoms with Gasteiger partial charge in [0.05, 0.1) is 29.0 Å².